The Morgan fingerprint density at radius 3 is 2.50 bits per heavy atom. The first-order chi connectivity index (χ1) is 9.32. The molecule has 114 valence electrons. The van der Waals surface area contributed by atoms with E-state index < -0.39 is 10.0 Å². The fourth-order valence-corrected chi connectivity index (χ4v) is 3.84. The van der Waals surface area contributed by atoms with Crippen molar-refractivity contribution in [2.75, 3.05) is 20.1 Å². The molecular formula is C14H23ClN2O2S. The van der Waals surface area contributed by atoms with Crippen molar-refractivity contribution in [2.45, 2.75) is 32.2 Å². The molecule has 1 N–H and O–H groups in total. The molecule has 0 atom stereocenters. The minimum atomic E-state index is -3.46. The lowest BCUT2D eigenvalue weighted by Crippen LogP contribution is -2.34. The fourth-order valence-electron chi connectivity index (χ4n) is 1.99. The molecule has 0 aromatic heterocycles. The molecule has 0 radical (unpaired) electrons. The van der Waals surface area contributed by atoms with Crippen molar-refractivity contribution in [3.63, 3.8) is 0 Å². The summed E-state index contributed by atoms with van der Waals surface area (Å²) in [6.07, 6.45) is 0. The van der Waals surface area contributed by atoms with Crippen molar-refractivity contribution in [3.05, 3.63) is 28.8 Å². The summed E-state index contributed by atoms with van der Waals surface area (Å²) < 4.78 is 26.8. The van der Waals surface area contributed by atoms with Crippen LogP contribution >= 0.6 is 11.6 Å². The summed E-state index contributed by atoms with van der Waals surface area (Å²) in [6.45, 7) is 7.38. The molecule has 1 aromatic carbocycles. The lowest BCUT2D eigenvalue weighted by molar-refractivity contribution is 0.381. The van der Waals surface area contributed by atoms with Gasteiger partial charge in [-0.15, -0.1) is 0 Å². The summed E-state index contributed by atoms with van der Waals surface area (Å²) in [6, 6.07) is 4.86. The van der Waals surface area contributed by atoms with E-state index in [9.17, 15) is 8.42 Å². The molecule has 0 saturated heterocycles. The van der Waals surface area contributed by atoms with Crippen LogP contribution in [0.4, 0.5) is 0 Å². The largest absolute Gasteiger partial charge is 0.316 e. The van der Waals surface area contributed by atoms with Gasteiger partial charge in [-0.25, -0.2) is 8.42 Å². The van der Waals surface area contributed by atoms with Crippen LogP contribution in [0.15, 0.2) is 23.1 Å². The van der Waals surface area contributed by atoms with Gasteiger partial charge >= 0.3 is 0 Å². The number of benzene rings is 1. The van der Waals surface area contributed by atoms with Gasteiger partial charge in [0, 0.05) is 24.7 Å². The maximum Gasteiger partial charge on any atom is 0.243 e. The predicted octanol–water partition coefficient (Wildman–Crippen LogP) is 2.73. The minimum Gasteiger partial charge on any atom is -0.316 e. The van der Waals surface area contributed by atoms with E-state index in [1.165, 1.54) is 4.31 Å². The molecule has 0 amide bonds. The Hall–Kier alpha value is -0.620. The number of rotatable bonds is 7. The second-order valence-corrected chi connectivity index (χ2v) is 7.48. The summed E-state index contributed by atoms with van der Waals surface area (Å²) in [7, 11) is -1.66. The Morgan fingerprint density at radius 1 is 1.35 bits per heavy atom. The standard InChI is InChI=1S/C14H23ClN2O2S/c1-5-17(10-11(2)3)20(18,19)13-6-7-14(15)12(8-13)9-16-4/h6-8,11,16H,5,9-10H2,1-4H3. The molecule has 4 nitrogen and oxygen atoms in total. The summed E-state index contributed by atoms with van der Waals surface area (Å²) in [4.78, 5) is 0.301. The SMILES string of the molecule is CCN(CC(C)C)S(=O)(=O)c1ccc(Cl)c(CNC)c1. The first kappa shape index (κ1) is 17.4. The first-order valence-electron chi connectivity index (χ1n) is 6.76. The number of nitrogens with zero attached hydrogens (tertiary/aromatic N) is 1. The first-order valence-corrected chi connectivity index (χ1v) is 8.57. The fraction of sp³-hybridized carbons (Fsp3) is 0.571. The third kappa shape index (κ3) is 4.19. The van der Waals surface area contributed by atoms with Crippen LogP contribution in [0, 0.1) is 5.92 Å². The van der Waals surface area contributed by atoms with Crippen molar-refractivity contribution >= 4 is 21.6 Å². The van der Waals surface area contributed by atoms with Gasteiger partial charge in [0.25, 0.3) is 0 Å². The third-order valence-electron chi connectivity index (χ3n) is 2.94. The van der Waals surface area contributed by atoms with E-state index in [0.29, 0.717) is 29.6 Å². The summed E-state index contributed by atoms with van der Waals surface area (Å²) >= 11 is 6.07. The molecule has 1 rings (SSSR count). The van der Waals surface area contributed by atoms with Crippen molar-refractivity contribution < 1.29 is 8.42 Å². The van der Waals surface area contributed by atoms with Crippen LogP contribution in [0.3, 0.4) is 0 Å². The predicted molar refractivity (Wildman–Crippen MR) is 83.5 cm³/mol. The molecule has 0 aliphatic heterocycles. The average Bonchev–Trinajstić information content (AvgIpc) is 2.38. The molecule has 0 unspecified atom stereocenters. The Labute approximate surface area is 127 Å². The highest BCUT2D eigenvalue weighted by Gasteiger charge is 2.24. The van der Waals surface area contributed by atoms with E-state index in [1.807, 2.05) is 20.8 Å². The number of sulfonamides is 1. The zero-order valence-electron chi connectivity index (χ0n) is 12.5. The highest BCUT2D eigenvalue weighted by Crippen LogP contribution is 2.23. The monoisotopic (exact) mass is 318 g/mol. The smallest absolute Gasteiger partial charge is 0.243 e. The summed E-state index contributed by atoms with van der Waals surface area (Å²) in [5.74, 6) is 0.286. The second kappa shape index (κ2) is 7.41. The molecule has 0 heterocycles. The van der Waals surface area contributed by atoms with Crippen molar-refractivity contribution in [3.8, 4) is 0 Å². The van der Waals surface area contributed by atoms with E-state index in [2.05, 4.69) is 5.32 Å². The van der Waals surface area contributed by atoms with Gasteiger partial charge in [0.2, 0.25) is 10.0 Å². The second-order valence-electron chi connectivity index (χ2n) is 5.13. The van der Waals surface area contributed by atoms with Gasteiger partial charge in [-0.3, -0.25) is 0 Å². The summed E-state index contributed by atoms with van der Waals surface area (Å²) in [5, 5.41) is 3.56. The van der Waals surface area contributed by atoms with Crippen LogP contribution < -0.4 is 5.32 Å². The van der Waals surface area contributed by atoms with Gasteiger partial charge in [0.05, 0.1) is 4.90 Å². The summed E-state index contributed by atoms with van der Waals surface area (Å²) in [5.41, 5.74) is 0.788. The highest BCUT2D eigenvalue weighted by atomic mass is 35.5. The lowest BCUT2D eigenvalue weighted by Gasteiger charge is -2.22. The number of halogens is 1. The quantitative estimate of drug-likeness (QED) is 0.841. The van der Waals surface area contributed by atoms with Crippen molar-refractivity contribution in [2.24, 2.45) is 5.92 Å². The molecule has 20 heavy (non-hydrogen) atoms. The minimum absolute atomic E-state index is 0.286. The zero-order chi connectivity index (χ0) is 15.3. The van der Waals surface area contributed by atoms with Gasteiger partial charge in [-0.1, -0.05) is 32.4 Å². The Bertz CT molecular complexity index is 544. The number of nitrogens with one attached hydrogen (secondary N) is 1. The molecule has 0 fully saturated rings. The van der Waals surface area contributed by atoms with Crippen LogP contribution in [0.5, 0.6) is 0 Å². The van der Waals surface area contributed by atoms with Crippen LogP contribution in [-0.4, -0.2) is 32.9 Å². The van der Waals surface area contributed by atoms with Gasteiger partial charge in [-0.2, -0.15) is 4.31 Å². The van der Waals surface area contributed by atoms with E-state index in [0.717, 1.165) is 5.56 Å². The van der Waals surface area contributed by atoms with E-state index >= 15 is 0 Å². The average molecular weight is 319 g/mol. The molecule has 0 spiro atoms. The van der Waals surface area contributed by atoms with Gasteiger partial charge in [0.15, 0.2) is 0 Å². The van der Waals surface area contributed by atoms with E-state index in [4.69, 9.17) is 11.6 Å². The normalized spacial score (nSPS) is 12.3. The molecule has 0 aliphatic rings. The number of hydrogen-bond donors (Lipinski definition) is 1. The molecule has 6 heteroatoms. The highest BCUT2D eigenvalue weighted by molar-refractivity contribution is 7.89. The van der Waals surface area contributed by atoms with Gasteiger partial charge in [0.1, 0.15) is 0 Å². The zero-order valence-corrected chi connectivity index (χ0v) is 14.1. The number of hydrogen-bond acceptors (Lipinski definition) is 3. The van der Waals surface area contributed by atoms with Gasteiger partial charge in [-0.05, 0) is 36.7 Å². The van der Waals surface area contributed by atoms with Crippen LogP contribution in [-0.2, 0) is 16.6 Å². The van der Waals surface area contributed by atoms with Crippen LogP contribution in [0.25, 0.3) is 0 Å². The third-order valence-corrected chi connectivity index (χ3v) is 5.25. The Morgan fingerprint density at radius 2 is 2.00 bits per heavy atom. The maximum absolute atomic E-state index is 12.6. The van der Waals surface area contributed by atoms with Crippen molar-refractivity contribution in [1.29, 1.82) is 0 Å². The van der Waals surface area contributed by atoms with E-state index in [-0.39, 0.29) is 5.92 Å². The van der Waals surface area contributed by atoms with Crippen LogP contribution in [0.1, 0.15) is 26.3 Å². The molecule has 0 bridgehead atoms. The molecular weight excluding hydrogens is 296 g/mol. The molecule has 0 aliphatic carbocycles. The van der Waals surface area contributed by atoms with Crippen LogP contribution in [0.2, 0.25) is 5.02 Å². The molecule has 1 aromatic rings. The molecule has 0 saturated carbocycles. The van der Waals surface area contributed by atoms with Crippen molar-refractivity contribution in [1.82, 2.24) is 9.62 Å². The topological polar surface area (TPSA) is 49.4 Å². The Kier molecular flexibility index (Phi) is 6.45. The van der Waals surface area contributed by atoms with E-state index in [1.54, 1.807) is 25.2 Å². The van der Waals surface area contributed by atoms with Gasteiger partial charge < -0.3 is 5.32 Å². The Balaban J connectivity index is 3.17. The maximum atomic E-state index is 12.6. The lowest BCUT2D eigenvalue weighted by atomic mass is 10.2.